The molecule has 0 aromatic carbocycles. The molecule has 0 saturated carbocycles. The first-order valence-electron chi connectivity index (χ1n) is 12.3. The fraction of sp³-hybridized carbons (Fsp3) is 0.500. The predicted octanol–water partition coefficient (Wildman–Crippen LogP) is 5.07. The van der Waals surface area contributed by atoms with Crippen LogP contribution in [0.15, 0.2) is 53.6 Å². The van der Waals surface area contributed by atoms with E-state index in [1.165, 1.54) is 11.3 Å². The van der Waals surface area contributed by atoms with E-state index in [2.05, 4.69) is 9.97 Å². The van der Waals surface area contributed by atoms with Crippen LogP contribution in [0.4, 0.5) is 0 Å². The van der Waals surface area contributed by atoms with Gasteiger partial charge in [-0.1, -0.05) is 57.6 Å². The highest BCUT2D eigenvalue weighted by Crippen LogP contribution is 2.33. The van der Waals surface area contributed by atoms with Crippen LogP contribution in [0.2, 0.25) is 0 Å². The Kier molecular flexibility index (Phi) is 9.33. The molecule has 0 aliphatic carbocycles. The zero-order valence-electron chi connectivity index (χ0n) is 21.5. The molecule has 194 valence electrons. The lowest BCUT2D eigenvalue weighted by Gasteiger charge is -2.34. The van der Waals surface area contributed by atoms with Gasteiger partial charge >= 0.3 is 5.97 Å². The number of hydrogen-bond donors (Lipinski definition) is 2. The lowest BCUT2D eigenvalue weighted by molar-refractivity contribution is -0.156. The highest BCUT2D eigenvalue weighted by Gasteiger charge is 2.42. The van der Waals surface area contributed by atoms with E-state index in [1.807, 2.05) is 55.7 Å². The van der Waals surface area contributed by atoms with Gasteiger partial charge in [0.05, 0.1) is 35.4 Å². The average molecular weight is 513 g/mol. The largest absolute Gasteiger partial charge is 0.455 e. The van der Waals surface area contributed by atoms with E-state index in [0.29, 0.717) is 18.5 Å². The van der Waals surface area contributed by atoms with Crippen molar-refractivity contribution in [2.24, 2.45) is 17.3 Å². The quantitative estimate of drug-likeness (QED) is 0.427. The number of Topliss-reactive ketones (excluding diaryl/α,β-unsaturated/α-hetero) is 1. The minimum absolute atomic E-state index is 0.240. The molecular formula is C28H36N2O5S. The second-order valence-electron chi connectivity index (χ2n) is 10.1. The van der Waals surface area contributed by atoms with Crippen molar-refractivity contribution in [1.82, 2.24) is 9.97 Å². The molecule has 8 heteroatoms. The maximum Gasteiger partial charge on any atom is 0.309 e. The van der Waals surface area contributed by atoms with Gasteiger partial charge in [0.25, 0.3) is 0 Å². The smallest absolute Gasteiger partial charge is 0.309 e. The summed E-state index contributed by atoms with van der Waals surface area (Å²) in [6.07, 6.45) is 5.57. The van der Waals surface area contributed by atoms with E-state index in [-0.39, 0.29) is 18.1 Å². The van der Waals surface area contributed by atoms with Gasteiger partial charge in [0.1, 0.15) is 16.9 Å². The number of ketones is 1. The van der Waals surface area contributed by atoms with Gasteiger partial charge in [-0.25, -0.2) is 4.98 Å². The summed E-state index contributed by atoms with van der Waals surface area (Å²) in [5.74, 6) is -1.85. The second-order valence-corrected chi connectivity index (χ2v) is 11.0. The summed E-state index contributed by atoms with van der Waals surface area (Å²) < 4.78 is 5.80. The molecular weight excluding hydrogens is 476 g/mol. The van der Waals surface area contributed by atoms with Crippen LogP contribution in [-0.2, 0) is 14.3 Å². The third-order valence-corrected chi connectivity index (χ3v) is 7.75. The van der Waals surface area contributed by atoms with Gasteiger partial charge < -0.3 is 14.9 Å². The second kappa shape index (κ2) is 12.0. The Labute approximate surface area is 217 Å². The number of hydrogen-bond acceptors (Lipinski definition) is 8. The number of rotatable bonds is 2. The molecule has 7 nitrogen and oxygen atoms in total. The Balaban J connectivity index is 1.91. The van der Waals surface area contributed by atoms with Gasteiger partial charge in [0.2, 0.25) is 0 Å². The van der Waals surface area contributed by atoms with Gasteiger partial charge in [-0.15, -0.1) is 11.3 Å². The minimum Gasteiger partial charge on any atom is -0.455 e. The van der Waals surface area contributed by atoms with Gasteiger partial charge in [-0.05, 0) is 25.5 Å². The van der Waals surface area contributed by atoms with Crippen LogP contribution in [0.1, 0.15) is 65.7 Å². The third kappa shape index (κ3) is 6.75. The maximum atomic E-state index is 13.2. The Hall–Kier alpha value is -2.68. The Morgan fingerprint density at radius 3 is 2.61 bits per heavy atom. The van der Waals surface area contributed by atoms with Crippen molar-refractivity contribution in [3.63, 3.8) is 0 Å². The number of cyclic esters (lactones) is 1. The molecule has 0 spiro atoms. The molecule has 0 radical (unpaired) electrons. The molecule has 36 heavy (non-hydrogen) atoms. The molecule has 0 bridgehead atoms. The monoisotopic (exact) mass is 512 g/mol. The number of nitrogens with zero attached hydrogens (tertiary/aromatic N) is 2. The van der Waals surface area contributed by atoms with E-state index in [0.717, 1.165) is 16.3 Å². The topological polar surface area (TPSA) is 110 Å². The third-order valence-electron chi connectivity index (χ3n) is 6.86. The van der Waals surface area contributed by atoms with E-state index in [1.54, 1.807) is 27.0 Å². The number of carbonyl (C=O) groups excluding carboxylic acids is 2. The average Bonchev–Trinajstić information content (AvgIpc) is 3.35. The number of ether oxygens (including phenoxy) is 1. The molecule has 5 atom stereocenters. The number of esters is 1. The summed E-state index contributed by atoms with van der Waals surface area (Å²) in [5.41, 5.74) is 1.20. The molecule has 0 saturated heterocycles. The number of thiazole rings is 1. The van der Waals surface area contributed by atoms with Crippen LogP contribution in [0, 0.1) is 17.3 Å². The lowest BCUT2D eigenvalue weighted by atomic mass is 9.73. The summed E-state index contributed by atoms with van der Waals surface area (Å²) in [6.45, 7) is 8.72. The number of allylic oxidation sites excluding steroid dienone is 2. The zero-order chi connectivity index (χ0) is 26.5. The van der Waals surface area contributed by atoms with Crippen LogP contribution in [0.3, 0.4) is 0 Å². The van der Waals surface area contributed by atoms with Crippen LogP contribution < -0.4 is 0 Å². The lowest BCUT2D eigenvalue weighted by Crippen LogP contribution is -2.45. The minimum atomic E-state index is -1.26. The molecule has 3 heterocycles. The number of carbonyl (C=O) groups is 2. The zero-order valence-corrected chi connectivity index (χ0v) is 22.4. The van der Waals surface area contributed by atoms with Gasteiger partial charge in [-0.3, -0.25) is 14.6 Å². The fourth-order valence-corrected chi connectivity index (χ4v) is 5.06. The van der Waals surface area contributed by atoms with E-state index in [9.17, 15) is 19.8 Å². The summed E-state index contributed by atoms with van der Waals surface area (Å²) >= 11 is 1.42. The van der Waals surface area contributed by atoms with Crippen LogP contribution in [-0.4, -0.2) is 44.1 Å². The van der Waals surface area contributed by atoms with E-state index < -0.39 is 35.6 Å². The summed E-state index contributed by atoms with van der Waals surface area (Å²) in [4.78, 5) is 35.1. The van der Waals surface area contributed by atoms with Crippen molar-refractivity contribution in [2.45, 2.75) is 72.2 Å². The van der Waals surface area contributed by atoms with Crippen LogP contribution >= 0.6 is 11.3 Å². The predicted molar refractivity (Wildman–Crippen MR) is 140 cm³/mol. The normalized spacial score (nSPS) is 30.8. The van der Waals surface area contributed by atoms with Gasteiger partial charge in [0, 0.05) is 29.8 Å². The van der Waals surface area contributed by atoms with Crippen molar-refractivity contribution < 1.29 is 24.5 Å². The number of aliphatic hydroxyl groups is 2. The summed E-state index contributed by atoms with van der Waals surface area (Å²) in [5, 5.41) is 24.2. The maximum absolute atomic E-state index is 13.2. The van der Waals surface area contributed by atoms with Crippen molar-refractivity contribution in [3.8, 4) is 10.7 Å². The van der Waals surface area contributed by atoms with Crippen molar-refractivity contribution >= 4 is 23.1 Å². The molecule has 2 N–H and O–H groups in total. The summed E-state index contributed by atoms with van der Waals surface area (Å²) in [7, 11) is 0. The van der Waals surface area contributed by atoms with E-state index >= 15 is 0 Å². The number of aliphatic hydroxyl groups excluding tert-OH is 2. The Morgan fingerprint density at radius 1 is 1.17 bits per heavy atom. The molecule has 1 aliphatic heterocycles. The Morgan fingerprint density at radius 2 is 1.92 bits per heavy atom. The highest BCUT2D eigenvalue weighted by molar-refractivity contribution is 7.13. The first-order chi connectivity index (χ1) is 17.0. The Bertz CT molecular complexity index is 1110. The molecule has 2 aromatic heterocycles. The highest BCUT2D eigenvalue weighted by atomic mass is 32.1. The first-order valence-corrected chi connectivity index (χ1v) is 13.2. The fourth-order valence-electron chi connectivity index (χ4n) is 4.23. The van der Waals surface area contributed by atoms with Crippen molar-refractivity contribution in [2.75, 3.05) is 0 Å². The number of pyridine rings is 1. The molecule has 0 amide bonds. The standard InChI is InChI=1S/C28H36N2O5S/c1-17-9-8-10-18(2)25(33)19(3)26(34)28(4,5)23(31)15-24(32)35-22(13-12-17)21-16-36-27(30-21)20-11-6-7-14-29-20/h6-8,10-12,14,16,18-19,22-23,25,31,33H,9,13,15H2,1-5H3/b10-8+,17-12-/t18-,19+,22-,23-,25?/m0/s1. The van der Waals surface area contributed by atoms with Crippen LogP contribution in [0.5, 0.6) is 0 Å². The summed E-state index contributed by atoms with van der Waals surface area (Å²) in [6, 6.07) is 5.60. The SMILES string of the molecule is C/C1=C/C[C@@H](c2csc(-c3ccccn3)n2)OC(=O)C[C@H](O)C(C)(C)C(=O)[C@H](C)C(O)[C@@H](C)/C=C/C1. The van der Waals surface area contributed by atoms with Crippen LogP contribution in [0.25, 0.3) is 10.7 Å². The molecule has 1 unspecified atom stereocenters. The molecule has 0 fully saturated rings. The number of aromatic nitrogens is 2. The van der Waals surface area contributed by atoms with Gasteiger partial charge in [-0.2, -0.15) is 0 Å². The van der Waals surface area contributed by atoms with Crippen molar-refractivity contribution in [3.05, 3.63) is 59.3 Å². The van der Waals surface area contributed by atoms with E-state index in [4.69, 9.17) is 4.74 Å². The van der Waals surface area contributed by atoms with Crippen molar-refractivity contribution in [1.29, 1.82) is 0 Å². The first kappa shape index (κ1) is 27.9. The van der Waals surface area contributed by atoms with Gasteiger partial charge in [0.15, 0.2) is 0 Å². The molecule has 1 aliphatic rings. The molecule has 2 aromatic rings. The molecule has 3 rings (SSSR count).